The van der Waals surface area contributed by atoms with Crippen molar-refractivity contribution in [3.63, 3.8) is 0 Å². The summed E-state index contributed by atoms with van der Waals surface area (Å²) in [5.74, 6) is -0.0489. The van der Waals surface area contributed by atoms with E-state index in [9.17, 15) is 4.79 Å². The molecule has 1 fully saturated rings. The number of hydrogen-bond donors (Lipinski definition) is 1. The fourth-order valence-electron chi connectivity index (χ4n) is 3.45. The number of rotatable bonds is 4. The van der Waals surface area contributed by atoms with Crippen LogP contribution in [0.1, 0.15) is 48.1 Å². The van der Waals surface area contributed by atoms with Gasteiger partial charge in [0.25, 0.3) is 5.91 Å². The Morgan fingerprint density at radius 3 is 2.38 bits per heavy atom. The van der Waals surface area contributed by atoms with E-state index < -0.39 is 0 Å². The van der Waals surface area contributed by atoms with E-state index in [1.54, 1.807) is 7.05 Å². The Labute approximate surface area is 144 Å². The molecule has 1 N–H and O–H groups in total. The first-order valence-corrected chi connectivity index (χ1v) is 8.85. The zero-order valence-corrected chi connectivity index (χ0v) is 14.6. The predicted octanol–water partition coefficient (Wildman–Crippen LogP) is 4.26. The minimum atomic E-state index is -0.0489. The molecule has 3 nitrogen and oxygen atoms in total. The fraction of sp³-hybridized carbons (Fsp3) is 0.381. The van der Waals surface area contributed by atoms with Gasteiger partial charge in [-0.15, -0.1) is 0 Å². The van der Waals surface area contributed by atoms with Gasteiger partial charge in [-0.25, -0.2) is 0 Å². The second-order valence-electron chi connectivity index (χ2n) is 6.55. The van der Waals surface area contributed by atoms with Gasteiger partial charge >= 0.3 is 0 Å². The Morgan fingerprint density at radius 2 is 1.71 bits per heavy atom. The normalized spacial score (nSPS) is 16.6. The third-order valence-electron chi connectivity index (χ3n) is 5.02. The fourth-order valence-corrected chi connectivity index (χ4v) is 3.45. The summed E-state index contributed by atoms with van der Waals surface area (Å²) in [6, 6.07) is 17.0. The maximum Gasteiger partial charge on any atom is 0.251 e. The van der Waals surface area contributed by atoms with Crippen LogP contribution in [0.15, 0.2) is 48.5 Å². The summed E-state index contributed by atoms with van der Waals surface area (Å²) in [5.41, 5.74) is 4.28. The van der Waals surface area contributed by atoms with Crippen LogP contribution in [0.2, 0.25) is 0 Å². The Hall–Kier alpha value is -2.13. The van der Waals surface area contributed by atoms with Crippen molar-refractivity contribution in [1.29, 1.82) is 0 Å². The number of carbonyl (C=O) groups is 1. The Morgan fingerprint density at radius 1 is 1.00 bits per heavy atom. The van der Waals surface area contributed by atoms with Crippen LogP contribution >= 0.6 is 0 Å². The van der Waals surface area contributed by atoms with Crippen molar-refractivity contribution in [2.75, 3.05) is 20.1 Å². The zero-order valence-electron chi connectivity index (χ0n) is 14.6. The average Bonchev–Trinajstić information content (AvgIpc) is 2.67. The largest absolute Gasteiger partial charge is 0.355 e. The average molecular weight is 322 g/mol. The first kappa shape index (κ1) is 16.7. The van der Waals surface area contributed by atoms with E-state index in [0.29, 0.717) is 11.6 Å². The lowest BCUT2D eigenvalue weighted by molar-refractivity contribution is 0.0963. The van der Waals surface area contributed by atoms with Crippen molar-refractivity contribution in [2.24, 2.45) is 0 Å². The number of piperidine rings is 1. The highest BCUT2D eigenvalue weighted by Crippen LogP contribution is 2.27. The number of hydrogen-bond acceptors (Lipinski definition) is 2. The van der Waals surface area contributed by atoms with Crippen LogP contribution in [0.3, 0.4) is 0 Å². The third kappa shape index (κ3) is 3.68. The molecule has 126 valence electrons. The standard InChI is InChI=1S/C21H26N2O/c1-16(23-13-4-3-5-14-23)17-9-11-18(12-10-17)19-7-6-8-20(15-19)21(24)22-2/h6-12,15-16H,3-5,13-14H2,1-2H3,(H,22,24)/t16-/m0/s1. The van der Waals surface area contributed by atoms with Crippen LogP contribution in [0.4, 0.5) is 0 Å². The van der Waals surface area contributed by atoms with Crippen molar-refractivity contribution in [1.82, 2.24) is 10.2 Å². The molecule has 1 atom stereocenters. The number of benzene rings is 2. The van der Waals surface area contributed by atoms with Gasteiger partial charge in [0.2, 0.25) is 0 Å². The molecule has 1 heterocycles. The van der Waals surface area contributed by atoms with Gasteiger partial charge in [-0.2, -0.15) is 0 Å². The van der Waals surface area contributed by atoms with E-state index >= 15 is 0 Å². The minimum Gasteiger partial charge on any atom is -0.355 e. The molecule has 3 rings (SSSR count). The highest BCUT2D eigenvalue weighted by atomic mass is 16.1. The van der Waals surface area contributed by atoms with Crippen LogP contribution < -0.4 is 5.32 Å². The van der Waals surface area contributed by atoms with E-state index in [4.69, 9.17) is 0 Å². The van der Waals surface area contributed by atoms with Gasteiger partial charge < -0.3 is 5.32 Å². The van der Waals surface area contributed by atoms with Crippen LogP contribution in [-0.2, 0) is 0 Å². The summed E-state index contributed by atoms with van der Waals surface area (Å²) >= 11 is 0. The van der Waals surface area contributed by atoms with Gasteiger partial charge in [0.1, 0.15) is 0 Å². The molecule has 1 amide bonds. The molecule has 0 aliphatic carbocycles. The van der Waals surface area contributed by atoms with Gasteiger partial charge in [0.15, 0.2) is 0 Å². The number of amides is 1. The summed E-state index contributed by atoms with van der Waals surface area (Å²) in [7, 11) is 1.66. The number of nitrogens with zero attached hydrogens (tertiary/aromatic N) is 1. The van der Waals surface area contributed by atoms with Crippen LogP contribution in [0, 0.1) is 0 Å². The SMILES string of the molecule is CNC(=O)c1cccc(-c2ccc([C@H](C)N3CCCCC3)cc2)c1. The maximum absolute atomic E-state index is 11.8. The van der Waals surface area contributed by atoms with Gasteiger partial charge in [-0.1, -0.05) is 42.8 Å². The summed E-state index contributed by atoms with van der Waals surface area (Å²) in [4.78, 5) is 14.4. The lowest BCUT2D eigenvalue weighted by atomic mass is 9.98. The predicted molar refractivity (Wildman–Crippen MR) is 99.1 cm³/mol. The highest BCUT2D eigenvalue weighted by molar-refractivity contribution is 5.95. The maximum atomic E-state index is 11.8. The molecule has 24 heavy (non-hydrogen) atoms. The molecule has 0 aromatic heterocycles. The molecule has 1 aliphatic rings. The van der Waals surface area contributed by atoms with Crippen molar-refractivity contribution < 1.29 is 4.79 Å². The minimum absolute atomic E-state index is 0.0489. The van der Waals surface area contributed by atoms with Gasteiger partial charge in [0.05, 0.1) is 0 Å². The monoisotopic (exact) mass is 322 g/mol. The Kier molecular flexibility index (Phi) is 5.31. The topological polar surface area (TPSA) is 32.3 Å². The van der Waals surface area contributed by atoms with E-state index in [-0.39, 0.29) is 5.91 Å². The molecular formula is C21H26N2O. The smallest absolute Gasteiger partial charge is 0.251 e. The van der Waals surface area contributed by atoms with E-state index in [1.807, 2.05) is 18.2 Å². The van der Waals surface area contributed by atoms with Gasteiger partial charge in [-0.05, 0) is 61.7 Å². The molecular weight excluding hydrogens is 296 g/mol. The van der Waals surface area contributed by atoms with Crippen LogP contribution in [-0.4, -0.2) is 30.9 Å². The van der Waals surface area contributed by atoms with E-state index in [2.05, 4.69) is 47.5 Å². The first-order valence-electron chi connectivity index (χ1n) is 8.85. The Bertz CT molecular complexity index is 687. The summed E-state index contributed by atoms with van der Waals surface area (Å²) in [5, 5.41) is 2.68. The molecule has 0 bridgehead atoms. The van der Waals surface area contributed by atoms with Crippen molar-refractivity contribution in [3.8, 4) is 11.1 Å². The Balaban J connectivity index is 1.78. The van der Waals surface area contributed by atoms with E-state index in [1.165, 1.54) is 37.9 Å². The van der Waals surface area contributed by atoms with Crippen molar-refractivity contribution in [3.05, 3.63) is 59.7 Å². The molecule has 0 unspecified atom stereocenters. The molecule has 2 aromatic rings. The quantitative estimate of drug-likeness (QED) is 0.912. The van der Waals surface area contributed by atoms with Crippen molar-refractivity contribution >= 4 is 5.91 Å². The molecule has 0 spiro atoms. The van der Waals surface area contributed by atoms with Crippen molar-refractivity contribution in [2.45, 2.75) is 32.2 Å². The lowest BCUT2D eigenvalue weighted by Crippen LogP contribution is -2.32. The highest BCUT2D eigenvalue weighted by Gasteiger charge is 2.18. The van der Waals surface area contributed by atoms with Gasteiger partial charge in [-0.3, -0.25) is 9.69 Å². The molecule has 2 aromatic carbocycles. The molecule has 0 saturated carbocycles. The third-order valence-corrected chi connectivity index (χ3v) is 5.02. The first-order chi connectivity index (χ1) is 11.7. The number of likely N-dealkylation sites (tertiary alicyclic amines) is 1. The summed E-state index contributed by atoms with van der Waals surface area (Å²) in [6.45, 7) is 4.71. The van der Waals surface area contributed by atoms with E-state index in [0.717, 1.165) is 11.1 Å². The second kappa shape index (κ2) is 7.63. The van der Waals surface area contributed by atoms with Crippen LogP contribution in [0.25, 0.3) is 11.1 Å². The second-order valence-corrected chi connectivity index (χ2v) is 6.55. The molecule has 1 saturated heterocycles. The number of nitrogens with one attached hydrogen (secondary N) is 1. The zero-order chi connectivity index (χ0) is 16.9. The summed E-state index contributed by atoms with van der Waals surface area (Å²) < 4.78 is 0. The van der Waals surface area contributed by atoms with Crippen LogP contribution in [0.5, 0.6) is 0 Å². The lowest BCUT2D eigenvalue weighted by Gasteiger charge is -2.32. The molecule has 0 radical (unpaired) electrons. The summed E-state index contributed by atoms with van der Waals surface area (Å²) in [6.07, 6.45) is 3.99. The molecule has 3 heteroatoms. The molecule has 1 aliphatic heterocycles. The van der Waals surface area contributed by atoms with Gasteiger partial charge in [0, 0.05) is 18.7 Å². The number of carbonyl (C=O) groups excluding carboxylic acids is 1.